The monoisotopic (exact) mass is 209 g/mol. The molecule has 5 nitrogen and oxygen atoms in total. The van der Waals surface area contributed by atoms with Gasteiger partial charge in [-0.2, -0.15) is 4.98 Å². The van der Waals surface area contributed by atoms with Crippen LogP contribution < -0.4 is 5.32 Å². The SMILES string of the molecule is CNC1COCC1c1nc(C2CC2)no1. The minimum Gasteiger partial charge on any atom is -0.379 e. The molecule has 1 saturated carbocycles. The third-order valence-electron chi connectivity index (χ3n) is 3.17. The van der Waals surface area contributed by atoms with Gasteiger partial charge in [0.2, 0.25) is 5.89 Å². The van der Waals surface area contributed by atoms with Gasteiger partial charge in [0.15, 0.2) is 5.82 Å². The quantitative estimate of drug-likeness (QED) is 0.792. The van der Waals surface area contributed by atoms with Crippen molar-refractivity contribution in [2.45, 2.75) is 30.7 Å². The highest BCUT2D eigenvalue weighted by molar-refractivity contribution is 5.08. The zero-order valence-electron chi connectivity index (χ0n) is 8.77. The topological polar surface area (TPSA) is 60.2 Å². The summed E-state index contributed by atoms with van der Waals surface area (Å²) in [4.78, 5) is 4.45. The first kappa shape index (κ1) is 9.30. The average Bonchev–Trinajstić information content (AvgIpc) is 2.83. The van der Waals surface area contributed by atoms with Crippen LogP contribution in [0.25, 0.3) is 0 Å². The molecular formula is C10H15N3O2. The van der Waals surface area contributed by atoms with Crippen molar-refractivity contribution in [1.29, 1.82) is 0 Å². The number of nitrogens with zero attached hydrogens (tertiary/aromatic N) is 2. The van der Waals surface area contributed by atoms with E-state index in [1.54, 1.807) is 0 Å². The van der Waals surface area contributed by atoms with E-state index in [2.05, 4.69) is 15.5 Å². The van der Waals surface area contributed by atoms with Crippen molar-refractivity contribution >= 4 is 0 Å². The number of aromatic nitrogens is 2. The molecule has 1 aromatic rings. The number of ether oxygens (including phenoxy) is 1. The van der Waals surface area contributed by atoms with E-state index in [1.807, 2.05) is 7.05 Å². The van der Waals surface area contributed by atoms with Crippen molar-refractivity contribution < 1.29 is 9.26 Å². The third-order valence-corrected chi connectivity index (χ3v) is 3.17. The second-order valence-electron chi connectivity index (χ2n) is 4.30. The van der Waals surface area contributed by atoms with E-state index >= 15 is 0 Å². The standard InChI is InChI=1S/C10H15N3O2/c1-11-8-5-14-4-7(8)10-12-9(13-15-10)6-2-3-6/h6-8,11H,2-5H2,1H3. The Morgan fingerprint density at radius 3 is 2.93 bits per heavy atom. The number of hydrogen-bond donors (Lipinski definition) is 1. The predicted octanol–water partition coefficient (Wildman–Crippen LogP) is 0.649. The summed E-state index contributed by atoms with van der Waals surface area (Å²) in [6.07, 6.45) is 2.41. The van der Waals surface area contributed by atoms with Crippen LogP contribution in [-0.2, 0) is 4.74 Å². The Morgan fingerprint density at radius 1 is 1.33 bits per heavy atom. The first-order valence-corrected chi connectivity index (χ1v) is 5.47. The molecule has 1 aliphatic carbocycles. The van der Waals surface area contributed by atoms with E-state index < -0.39 is 0 Å². The minimum atomic E-state index is 0.218. The summed E-state index contributed by atoms with van der Waals surface area (Å²) >= 11 is 0. The van der Waals surface area contributed by atoms with Gasteiger partial charge in [0.25, 0.3) is 0 Å². The Morgan fingerprint density at radius 2 is 2.20 bits per heavy atom. The van der Waals surface area contributed by atoms with Crippen molar-refractivity contribution in [3.05, 3.63) is 11.7 Å². The average molecular weight is 209 g/mol. The maximum absolute atomic E-state index is 5.41. The molecule has 1 aromatic heterocycles. The maximum Gasteiger partial charge on any atom is 0.233 e. The van der Waals surface area contributed by atoms with Crippen LogP contribution >= 0.6 is 0 Å². The molecule has 3 rings (SSSR count). The molecule has 1 aliphatic heterocycles. The van der Waals surface area contributed by atoms with Crippen molar-refractivity contribution in [1.82, 2.24) is 15.5 Å². The van der Waals surface area contributed by atoms with Crippen molar-refractivity contribution in [3.8, 4) is 0 Å². The van der Waals surface area contributed by atoms with E-state index in [-0.39, 0.29) is 5.92 Å². The van der Waals surface area contributed by atoms with Gasteiger partial charge in [-0.15, -0.1) is 0 Å². The number of rotatable bonds is 3. The first-order valence-electron chi connectivity index (χ1n) is 5.47. The molecule has 0 aromatic carbocycles. The lowest BCUT2D eigenvalue weighted by Gasteiger charge is -2.11. The molecule has 82 valence electrons. The lowest BCUT2D eigenvalue weighted by Crippen LogP contribution is -2.31. The van der Waals surface area contributed by atoms with Gasteiger partial charge in [-0.1, -0.05) is 5.16 Å². The van der Waals surface area contributed by atoms with Crippen molar-refractivity contribution in [2.75, 3.05) is 20.3 Å². The maximum atomic E-state index is 5.41. The molecule has 1 N–H and O–H groups in total. The molecule has 0 amide bonds. The Bertz CT molecular complexity index is 348. The Kier molecular flexibility index (Phi) is 2.21. The highest BCUT2D eigenvalue weighted by Gasteiger charge is 2.35. The molecule has 2 unspecified atom stereocenters. The van der Waals surface area contributed by atoms with Crippen LogP contribution in [-0.4, -0.2) is 36.4 Å². The molecular weight excluding hydrogens is 194 g/mol. The second-order valence-corrected chi connectivity index (χ2v) is 4.30. The zero-order valence-corrected chi connectivity index (χ0v) is 8.77. The fourth-order valence-corrected chi connectivity index (χ4v) is 1.99. The van der Waals surface area contributed by atoms with E-state index in [0.717, 1.165) is 18.3 Å². The number of likely N-dealkylation sites (N-methyl/N-ethyl adjacent to an activating group) is 1. The van der Waals surface area contributed by atoms with Gasteiger partial charge < -0.3 is 14.6 Å². The van der Waals surface area contributed by atoms with E-state index in [1.165, 1.54) is 12.8 Å². The molecule has 0 radical (unpaired) electrons. The number of nitrogens with one attached hydrogen (secondary N) is 1. The second kappa shape index (κ2) is 3.57. The minimum absolute atomic E-state index is 0.218. The van der Waals surface area contributed by atoms with E-state index in [4.69, 9.17) is 9.26 Å². The molecule has 2 atom stereocenters. The lowest BCUT2D eigenvalue weighted by molar-refractivity contribution is 0.185. The Balaban J connectivity index is 1.78. The smallest absolute Gasteiger partial charge is 0.233 e. The summed E-state index contributed by atoms with van der Waals surface area (Å²) in [5.41, 5.74) is 0. The highest BCUT2D eigenvalue weighted by atomic mass is 16.5. The zero-order chi connectivity index (χ0) is 10.3. The van der Waals surface area contributed by atoms with Crippen molar-refractivity contribution in [3.63, 3.8) is 0 Å². The van der Waals surface area contributed by atoms with Gasteiger partial charge in [0.05, 0.1) is 19.1 Å². The van der Waals surface area contributed by atoms with Gasteiger partial charge in [0.1, 0.15) is 0 Å². The van der Waals surface area contributed by atoms with Gasteiger partial charge in [0, 0.05) is 12.0 Å². The normalized spacial score (nSPS) is 31.0. The predicted molar refractivity (Wildman–Crippen MR) is 52.7 cm³/mol. The molecule has 2 heterocycles. The first-order chi connectivity index (χ1) is 7.38. The molecule has 2 fully saturated rings. The Hall–Kier alpha value is -0.940. The van der Waals surface area contributed by atoms with Crippen LogP contribution in [0.15, 0.2) is 4.52 Å². The summed E-state index contributed by atoms with van der Waals surface area (Å²) < 4.78 is 10.7. The fraction of sp³-hybridized carbons (Fsp3) is 0.800. The van der Waals surface area contributed by atoms with Crippen molar-refractivity contribution in [2.24, 2.45) is 0 Å². The summed E-state index contributed by atoms with van der Waals surface area (Å²) in [7, 11) is 1.94. The molecule has 1 saturated heterocycles. The molecule has 5 heteroatoms. The molecule has 0 bridgehead atoms. The number of hydrogen-bond acceptors (Lipinski definition) is 5. The van der Waals surface area contributed by atoms with E-state index in [0.29, 0.717) is 18.6 Å². The van der Waals surface area contributed by atoms with E-state index in [9.17, 15) is 0 Å². The largest absolute Gasteiger partial charge is 0.379 e. The Labute approximate surface area is 88.2 Å². The summed E-state index contributed by atoms with van der Waals surface area (Å²) in [5, 5.41) is 7.24. The van der Waals surface area contributed by atoms with Crippen LogP contribution in [0.2, 0.25) is 0 Å². The molecule has 0 spiro atoms. The van der Waals surface area contributed by atoms with Gasteiger partial charge in [-0.25, -0.2) is 0 Å². The van der Waals surface area contributed by atoms with Crippen LogP contribution in [0.1, 0.15) is 36.4 Å². The van der Waals surface area contributed by atoms with Crippen LogP contribution in [0.3, 0.4) is 0 Å². The van der Waals surface area contributed by atoms with Gasteiger partial charge in [-0.05, 0) is 19.9 Å². The molecule has 2 aliphatic rings. The third kappa shape index (κ3) is 1.66. The van der Waals surface area contributed by atoms with Gasteiger partial charge in [-0.3, -0.25) is 0 Å². The highest BCUT2D eigenvalue weighted by Crippen LogP contribution is 2.39. The van der Waals surface area contributed by atoms with Gasteiger partial charge >= 0.3 is 0 Å². The van der Waals surface area contributed by atoms with Crippen LogP contribution in [0.5, 0.6) is 0 Å². The fourth-order valence-electron chi connectivity index (χ4n) is 1.99. The summed E-state index contributed by atoms with van der Waals surface area (Å²) in [6, 6.07) is 0.303. The summed E-state index contributed by atoms with van der Waals surface area (Å²) in [6.45, 7) is 1.40. The molecule has 15 heavy (non-hydrogen) atoms. The van der Waals surface area contributed by atoms with Crippen LogP contribution in [0, 0.1) is 0 Å². The summed E-state index contributed by atoms with van der Waals surface area (Å²) in [5.74, 6) is 2.38. The van der Waals surface area contributed by atoms with Crippen LogP contribution in [0.4, 0.5) is 0 Å². The lowest BCUT2D eigenvalue weighted by atomic mass is 10.0.